The Labute approximate surface area is 145 Å². The van der Waals surface area contributed by atoms with Crippen LogP contribution in [0.15, 0.2) is 23.9 Å². The second-order valence-electron chi connectivity index (χ2n) is 6.91. The molecule has 0 radical (unpaired) electrons. The number of nitrogens with zero attached hydrogens (tertiary/aromatic N) is 3. The fourth-order valence-corrected chi connectivity index (χ4v) is 3.53. The molecule has 2 aromatic heterocycles. The summed E-state index contributed by atoms with van der Waals surface area (Å²) in [5.74, 6) is -0.199. The van der Waals surface area contributed by atoms with Gasteiger partial charge in [-0.2, -0.15) is 0 Å². The lowest BCUT2D eigenvalue weighted by Gasteiger charge is -2.27. The molecule has 1 fully saturated rings. The largest absolute Gasteiger partial charge is 0.388 e. The van der Waals surface area contributed by atoms with Gasteiger partial charge in [-0.1, -0.05) is 19.1 Å². The van der Waals surface area contributed by atoms with E-state index in [-0.39, 0.29) is 17.3 Å². The van der Waals surface area contributed by atoms with Crippen LogP contribution in [-0.4, -0.2) is 31.7 Å². The van der Waals surface area contributed by atoms with E-state index < -0.39 is 12.0 Å². The SMILES string of the molecule is CC1=C(n2c(N)c(C(N)=O)c3nc(C4CC4)cnc32)[C@H](C)[C@H](O)C=C1. The Balaban J connectivity index is 2.03. The van der Waals surface area contributed by atoms with Gasteiger partial charge in [-0.3, -0.25) is 9.36 Å². The molecule has 7 nitrogen and oxygen atoms in total. The third-order valence-corrected chi connectivity index (χ3v) is 5.09. The second-order valence-corrected chi connectivity index (χ2v) is 6.91. The van der Waals surface area contributed by atoms with E-state index in [4.69, 9.17) is 11.5 Å². The number of aromatic nitrogens is 3. The Morgan fingerprint density at radius 2 is 2.12 bits per heavy atom. The number of aliphatic hydroxyl groups excluding tert-OH is 1. The van der Waals surface area contributed by atoms with Crippen LogP contribution in [0.3, 0.4) is 0 Å². The smallest absolute Gasteiger partial charge is 0.254 e. The van der Waals surface area contributed by atoms with Crippen LogP contribution in [-0.2, 0) is 0 Å². The molecule has 2 atom stereocenters. The van der Waals surface area contributed by atoms with Crippen LogP contribution in [0.25, 0.3) is 16.9 Å². The van der Waals surface area contributed by atoms with Crippen molar-refractivity contribution in [1.82, 2.24) is 14.5 Å². The Morgan fingerprint density at radius 1 is 1.40 bits per heavy atom. The second kappa shape index (κ2) is 5.42. The van der Waals surface area contributed by atoms with Crippen molar-refractivity contribution in [2.24, 2.45) is 11.7 Å². The van der Waals surface area contributed by atoms with Crippen molar-refractivity contribution >= 4 is 28.6 Å². The zero-order chi connectivity index (χ0) is 17.9. The van der Waals surface area contributed by atoms with Crippen LogP contribution in [0.5, 0.6) is 0 Å². The van der Waals surface area contributed by atoms with Crippen LogP contribution in [0.4, 0.5) is 5.82 Å². The summed E-state index contributed by atoms with van der Waals surface area (Å²) in [4.78, 5) is 21.2. The van der Waals surface area contributed by atoms with Crippen molar-refractivity contribution in [3.05, 3.63) is 35.2 Å². The quantitative estimate of drug-likeness (QED) is 0.787. The molecule has 1 amide bonds. The van der Waals surface area contributed by atoms with E-state index in [2.05, 4.69) is 9.97 Å². The number of aliphatic hydroxyl groups is 1. The molecular weight excluding hydrogens is 318 g/mol. The highest BCUT2D eigenvalue weighted by atomic mass is 16.3. The fourth-order valence-electron chi connectivity index (χ4n) is 3.53. The molecule has 0 saturated heterocycles. The molecule has 0 aromatic carbocycles. The summed E-state index contributed by atoms with van der Waals surface area (Å²) in [6, 6.07) is 0. The van der Waals surface area contributed by atoms with Crippen LogP contribution in [0.1, 0.15) is 48.7 Å². The summed E-state index contributed by atoms with van der Waals surface area (Å²) >= 11 is 0. The lowest BCUT2D eigenvalue weighted by Crippen LogP contribution is -2.24. The van der Waals surface area contributed by atoms with Gasteiger partial charge in [0.2, 0.25) is 0 Å². The molecule has 0 unspecified atom stereocenters. The highest BCUT2D eigenvalue weighted by Crippen LogP contribution is 2.41. The van der Waals surface area contributed by atoms with Gasteiger partial charge in [-0.05, 0) is 25.3 Å². The number of hydrogen-bond acceptors (Lipinski definition) is 5. The van der Waals surface area contributed by atoms with Crippen molar-refractivity contribution in [2.45, 2.75) is 38.7 Å². The Kier molecular flexibility index (Phi) is 3.43. The number of allylic oxidation sites excluding steroid dienone is 2. The summed E-state index contributed by atoms with van der Waals surface area (Å²) in [6.07, 6.45) is 6.88. The van der Waals surface area contributed by atoms with Gasteiger partial charge in [0.25, 0.3) is 5.91 Å². The molecule has 0 spiro atoms. The zero-order valence-corrected chi connectivity index (χ0v) is 14.2. The minimum absolute atomic E-state index is 0.196. The molecule has 2 aliphatic carbocycles. The number of primary amides is 1. The Morgan fingerprint density at radius 3 is 2.76 bits per heavy atom. The van der Waals surface area contributed by atoms with Gasteiger partial charge in [-0.25, -0.2) is 9.97 Å². The Bertz CT molecular complexity index is 952. The van der Waals surface area contributed by atoms with E-state index in [9.17, 15) is 9.90 Å². The third-order valence-electron chi connectivity index (χ3n) is 5.09. The van der Waals surface area contributed by atoms with Crippen molar-refractivity contribution in [1.29, 1.82) is 0 Å². The predicted molar refractivity (Wildman–Crippen MR) is 95.6 cm³/mol. The molecule has 0 bridgehead atoms. The van der Waals surface area contributed by atoms with Crippen LogP contribution >= 0.6 is 0 Å². The van der Waals surface area contributed by atoms with Crippen molar-refractivity contribution in [3.63, 3.8) is 0 Å². The number of nitrogens with two attached hydrogens (primary N) is 2. The minimum Gasteiger partial charge on any atom is -0.388 e. The first-order chi connectivity index (χ1) is 11.9. The van der Waals surface area contributed by atoms with Crippen LogP contribution < -0.4 is 11.5 Å². The third kappa shape index (κ3) is 2.34. The van der Waals surface area contributed by atoms with Crippen LogP contribution in [0, 0.1) is 5.92 Å². The van der Waals surface area contributed by atoms with Gasteiger partial charge in [0, 0.05) is 17.5 Å². The van der Waals surface area contributed by atoms with E-state index in [1.807, 2.05) is 19.9 Å². The maximum atomic E-state index is 12.0. The number of hydrogen-bond donors (Lipinski definition) is 3. The average molecular weight is 339 g/mol. The maximum Gasteiger partial charge on any atom is 0.254 e. The summed E-state index contributed by atoms with van der Waals surface area (Å²) in [7, 11) is 0. The molecule has 1 saturated carbocycles. The molecule has 25 heavy (non-hydrogen) atoms. The van der Waals surface area contributed by atoms with E-state index in [1.165, 1.54) is 0 Å². The first kappa shape index (κ1) is 15.8. The van der Waals surface area contributed by atoms with E-state index in [0.29, 0.717) is 17.1 Å². The highest BCUT2D eigenvalue weighted by molar-refractivity contribution is 6.10. The van der Waals surface area contributed by atoms with Gasteiger partial charge >= 0.3 is 0 Å². The van der Waals surface area contributed by atoms with Gasteiger partial charge in [0.1, 0.15) is 16.9 Å². The number of anilines is 1. The molecule has 0 aliphatic heterocycles. The number of rotatable bonds is 3. The molecule has 5 N–H and O–H groups in total. The van der Waals surface area contributed by atoms with Crippen molar-refractivity contribution in [2.75, 3.05) is 5.73 Å². The normalized spacial score (nSPS) is 23.5. The maximum absolute atomic E-state index is 12.0. The minimum atomic E-state index is -0.633. The van der Waals surface area contributed by atoms with Gasteiger partial charge in [-0.15, -0.1) is 0 Å². The number of carbonyl (C=O) groups excluding carboxylic acids is 1. The monoisotopic (exact) mass is 339 g/mol. The molecule has 130 valence electrons. The van der Waals surface area contributed by atoms with Crippen LogP contribution in [0.2, 0.25) is 0 Å². The summed E-state index contributed by atoms with van der Waals surface area (Å²) < 4.78 is 1.71. The molecule has 2 aromatic rings. The van der Waals surface area contributed by atoms with E-state index in [1.54, 1.807) is 16.8 Å². The van der Waals surface area contributed by atoms with Gasteiger partial charge in [0.15, 0.2) is 5.65 Å². The number of carbonyl (C=O) groups is 1. The topological polar surface area (TPSA) is 120 Å². The van der Waals surface area contributed by atoms with Gasteiger partial charge < -0.3 is 16.6 Å². The number of nitrogen functional groups attached to an aromatic ring is 1. The Hall–Kier alpha value is -2.67. The predicted octanol–water partition coefficient (Wildman–Crippen LogP) is 1.79. The number of fused-ring (bicyclic) bond motifs is 1. The standard InChI is InChI=1S/C18H21N5O2/c1-8-3-6-12(24)9(2)15(8)23-16(19)13(17(20)25)14-18(23)21-7-11(22-14)10-4-5-10/h3,6-7,9-10,12,24H,4-5,19H2,1-2H3,(H2,20,25)/t9-,12-/m1/s1. The summed E-state index contributed by atoms with van der Waals surface area (Å²) in [5.41, 5.74) is 15.6. The van der Waals surface area contributed by atoms with Gasteiger partial charge in [0.05, 0.1) is 18.0 Å². The lowest BCUT2D eigenvalue weighted by molar-refractivity contribution is 0.100. The van der Waals surface area contributed by atoms with E-state index >= 15 is 0 Å². The van der Waals surface area contributed by atoms with Crippen molar-refractivity contribution in [3.8, 4) is 0 Å². The van der Waals surface area contributed by atoms with E-state index in [0.717, 1.165) is 29.8 Å². The zero-order valence-electron chi connectivity index (χ0n) is 14.2. The molecule has 7 heteroatoms. The fraction of sp³-hybridized carbons (Fsp3) is 0.389. The van der Waals surface area contributed by atoms with Crippen molar-refractivity contribution < 1.29 is 9.90 Å². The molecule has 4 rings (SSSR count). The first-order valence-corrected chi connectivity index (χ1v) is 8.44. The molecular formula is C18H21N5O2. The first-order valence-electron chi connectivity index (χ1n) is 8.44. The lowest BCUT2D eigenvalue weighted by atomic mass is 9.91. The number of amides is 1. The summed E-state index contributed by atoms with van der Waals surface area (Å²) in [5, 5.41) is 10.2. The average Bonchev–Trinajstić information content (AvgIpc) is 3.36. The highest BCUT2D eigenvalue weighted by Gasteiger charge is 2.31. The molecule has 2 aliphatic rings. The molecule has 2 heterocycles. The summed E-state index contributed by atoms with van der Waals surface area (Å²) in [6.45, 7) is 3.85.